The molecule has 6 heteroatoms. The van der Waals surface area contributed by atoms with Crippen molar-refractivity contribution in [2.24, 2.45) is 11.7 Å². The highest BCUT2D eigenvalue weighted by Gasteiger charge is 2.45. The highest BCUT2D eigenvalue weighted by atomic mass is 19.4. The molecule has 0 fully saturated rings. The lowest BCUT2D eigenvalue weighted by molar-refractivity contribution is -0.179. The molecule has 0 amide bonds. The SMILES string of the molecule is CCC[C@@H](C(=O)OC(C)C)[C@@H](N)C(F)(F)F. The van der Waals surface area contributed by atoms with E-state index < -0.39 is 30.2 Å². The van der Waals surface area contributed by atoms with Crippen molar-refractivity contribution in [3.05, 3.63) is 0 Å². The fourth-order valence-corrected chi connectivity index (χ4v) is 1.30. The van der Waals surface area contributed by atoms with Crippen molar-refractivity contribution in [2.45, 2.75) is 51.9 Å². The average Bonchev–Trinajstić information content (AvgIpc) is 2.10. The van der Waals surface area contributed by atoms with Crippen LogP contribution in [0.1, 0.15) is 33.6 Å². The summed E-state index contributed by atoms with van der Waals surface area (Å²) in [5.74, 6) is -2.19. The van der Waals surface area contributed by atoms with Crippen LogP contribution in [0.15, 0.2) is 0 Å². The lowest BCUT2D eigenvalue weighted by Crippen LogP contribution is -2.47. The van der Waals surface area contributed by atoms with Crippen LogP contribution in [0.3, 0.4) is 0 Å². The Hall–Kier alpha value is -0.780. The summed E-state index contributed by atoms with van der Waals surface area (Å²) in [7, 11) is 0. The number of rotatable bonds is 5. The molecule has 0 aromatic carbocycles. The number of carbonyl (C=O) groups is 1. The Morgan fingerprint density at radius 1 is 1.38 bits per heavy atom. The molecule has 16 heavy (non-hydrogen) atoms. The van der Waals surface area contributed by atoms with E-state index in [0.29, 0.717) is 6.42 Å². The van der Waals surface area contributed by atoms with Gasteiger partial charge in [0.1, 0.15) is 6.04 Å². The van der Waals surface area contributed by atoms with Crippen molar-refractivity contribution in [3.8, 4) is 0 Å². The topological polar surface area (TPSA) is 52.3 Å². The minimum absolute atomic E-state index is 0.0756. The monoisotopic (exact) mass is 241 g/mol. The molecule has 96 valence electrons. The van der Waals surface area contributed by atoms with Gasteiger partial charge in [-0.15, -0.1) is 0 Å². The summed E-state index contributed by atoms with van der Waals surface area (Å²) in [5.41, 5.74) is 5.03. The Morgan fingerprint density at radius 2 is 1.88 bits per heavy atom. The zero-order chi connectivity index (χ0) is 12.9. The van der Waals surface area contributed by atoms with Gasteiger partial charge in [0, 0.05) is 0 Å². The van der Waals surface area contributed by atoms with Crippen LogP contribution in [0.4, 0.5) is 13.2 Å². The minimum atomic E-state index is -4.57. The summed E-state index contributed by atoms with van der Waals surface area (Å²) in [6.45, 7) is 4.86. The van der Waals surface area contributed by atoms with Crippen LogP contribution in [-0.4, -0.2) is 24.3 Å². The van der Waals surface area contributed by atoms with Crippen molar-refractivity contribution in [1.29, 1.82) is 0 Å². The minimum Gasteiger partial charge on any atom is -0.463 e. The zero-order valence-corrected chi connectivity index (χ0v) is 9.67. The molecule has 0 aliphatic carbocycles. The zero-order valence-electron chi connectivity index (χ0n) is 9.67. The first-order chi connectivity index (χ1) is 7.20. The first-order valence-electron chi connectivity index (χ1n) is 5.22. The molecule has 0 rings (SSSR count). The Kier molecular flexibility index (Phi) is 5.78. The summed E-state index contributed by atoms with van der Waals surface area (Å²) in [6.07, 6.45) is -4.49. The molecule has 0 spiro atoms. The Morgan fingerprint density at radius 3 is 2.19 bits per heavy atom. The van der Waals surface area contributed by atoms with Crippen LogP contribution in [0.2, 0.25) is 0 Å². The lowest BCUT2D eigenvalue weighted by Gasteiger charge is -2.24. The maximum atomic E-state index is 12.4. The van der Waals surface area contributed by atoms with E-state index in [1.165, 1.54) is 0 Å². The van der Waals surface area contributed by atoms with Crippen molar-refractivity contribution in [3.63, 3.8) is 0 Å². The first-order valence-corrected chi connectivity index (χ1v) is 5.22. The average molecular weight is 241 g/mol. The summed E-state index contributed by atoms with van der Waals surface area (Å²) >= 11 is 0. The Labute approximate surface area is 93.1 Å². The largest absolute Gasteiger partial charge is 0.463 e. The summed E-state index contributed by atoms with van der Waals surface area (Å²) < 4.78 is 41.9. The third-order valence-electron chi connectivity index (χ3n) is 2.07. The van der Waals surface area contributed by atoms with E-state index in [1.807, 2.05) is 0 Å². The van der Waals surface area contributed by atoms with E-state index in [0.717, 1.165) is 0 Å². The maximum Gasteiger partial charge on any atom is 0.404 e. The summed E-state index contributed by atoms with van der Waals surface area (Å²) in [5, 5.41) is 0. The van der Waals surface area contributed by atoms with Gasteiger partial charge in [-0.1, -0.05) is 13.3 Å². The molecule has 3 nitrogen and oxygen atoms in total. The van der Waals surface area contributed by atoms with Crippen molar-refractivity contribution in [2.75, 3.05) is 0 Å². The molecular weight excluding hydrogens is 223 g/mol. The lowest BCUT2D eigenvalue weighted by atomic mass is 9.95. The highest BCUT2D eigenvalue weighted by molar-refractivity contribution is 5.73. The number of nitrogens with two attached hydrogens (primary N) is 1. The van der Waals surface area contributed by atoms with E-state index in [4.69, 9.17) is 10.5 Å². The fraction of sp³-hybridized carbons (Fsp3) is 0.900. The molecule has 0 aliphatic rings. The molecule has 0 heterocycles. The highest BCUT2D eigenvalue weighted by Crippen LogP contribution is 2.27. The van der Waals surface area contributed by atoms with Crippen LogP contribution in [-0.2, 0) is 9.53 Å². The maximum absolute atomic E-state index is 12.4. The van der Waals surface area contributed by atoms with Gasteiger partial charge in [0.05, 0.1) is 12.0 Å². The molecule has 2 atom stereocenters. The fourth-order valence-electron chi connectivity index (χ4n) is 1.30. The molecule has 0 bridgehead atoms. The molecule has 0 aromatic heterocycles. The molecule has 0 saturated carbocycles. The van der Waals surface area contributed by atoms with Gasteiger partial charge in [-0.05, 0) is 20.3 Å². The van der Waals surface area contributed by atoms with Crippen LogP contribution in [0.5, 0.6) is 0 Å². The van der Waals surface area contributed by atoms with Crippen molar-refractivity contribution >= 4 is 5.97 Å². The molecule has 2 N–H and O–H groups in total. The second-order valence-corrected chi connectivity index (χ2v) is 3.95. The first kappa shape index (κ1) is 15.2. The number of alkyl halides is 3. The van der Waals surface area contributed by atoms with Gasteiger partial charge in [-0.3, -0.25) is 4.79 Å². The quantitative estimate of drug-likeness (QED) is 0.751. The Bertz CT molecular complexity index is 229. The van der Waals surface area contributed by atoms with Crippen LogP contribution in [0, 0.1) is 5.92 Å². The predicted octanol–water partition coefficient (Wildman–Crippen LogP) is 2.24. The number of carbonyl (C=O) groups excluding carboxylic acids is 1. The molecule has 0 aromatic rings. The van der Waals surface area contributed by atoms with Gasteiger partial charge in [0.25, 0.3) is 0 Å². The van der Waals surface area contributed by atoms with Crippen molar-refractivity contribution < 1.29 is 22.7 Å². The molecule has 0 saturated heterocycles. The molecule has 0 aliphatic heterocycles. The number of esters is 1. The molecule has 0 radical (unpaired) electrons. The van der Waals surface area contributed by atoms with Gasteiger partial charge >= 0.3 is 12.1 Å². The van der Waals surface area contributed by atoms with E-state index in [2.05, 4.69) is 0 Å². The van der Waals surface area contributed by atoms with Crippen LogP contribution in [0.25, 0.3) is 0 Å². The van der Waals surface area contributed by atoms with E-state index in [1.54, 1.807) is 20.8 Å². The van der Waals surface area contributed by atoms with E-state index in [-0.39, 0.29) is 6.42 Å². The van der Waals surface area contributed by atoms with Gasteiger partial charge in [-0.25, -0.2) is 0 Å². The number of halogens is 3. The third-order valence-corrected chi connectivity index (χ3v) is 2.07. The number of hydrogen-bond donors (Lipinski definition) is 1. The van der Waals surface area contributed by atoms with Crippen LogP contribution < -0.4 is 5.73 Å². The van der Waals surface area contributed by atoms with Gasteiger partial charge in [0.15, 0.2) is 0 Å². The standard InChI is InChI=1S/C10H18F3NO2/c1-4-5-7(8(14)10(11,12)13)9(15)16-6(2)3/h6-8H,4-5,14H2,1-3H3/t7-,8-/m1/s1. The van der Waals surface area contributed by atoms with Crippen molar-refractivity contribution in [1.82, 2.24) is 0 Å². The van der Waals surface area contributed by atoms with Crippen LogP contribution >= 0.6 is 0 Å². The van der Waals surface area contributed by atoms with E-state index >= 15 is 0 Å². The summed E-state index contributed by atoms with van der Waals surface area (Å²) in [6, 6.07) is -2.15. The van der Waals surface area contributed by atoms with Gasteiger partial charge in [0.2, 0.25) is 0 Å². The molecular formula is C10H18F3NO2. The second kappa shape index (κ2) is 6.08. The number of ether oxygens (including phenoxy) is 1. The van der Waals surface area contributed by atoms with Gasteiger partial charge in [-0.2, -0.15) is 13.2 Å². The van der Waals surface area contributed by atoms with E-state index in [9.17, 15) is 18.0 Å². The van der Waals surface area contributed by atoms with Gasteiger partial charge < -0.3 is 10.5 Å². The number of hydrogen-bond acceptors (Lipinski definition) is 3. The summed E-state index contributed by atoms with van der Waals surface area (Å²) in [4.78, 5) is 11.4. The third kappa shape index (κ3) is 4.83. The second-order valence-electron chi connectivity index (χ2n) is 3.95. The normalized spacial score (nSPS) is 16.0. The molecule has 0 unspecified atom stereocenters. The predicted molar refractivity (Wildman–Crippen MR) is 53.7 cm³/mol. The Balaban J connectivity index is 4.66. The smallest absolute Gasteiger partial charge is 0.404 e.